The van der Waals surface area contributed by atoms with Crippen molar-refractivity contribution in [3.63, 3.8) is 0 Å². The minimum atomic E-state index is -0.342. The number of hydrogen-bond donors (Lipinski definition) is 2. The highest BCUT2D eigenvalue weighted by molar-refractivity contribution is 9.10. The van der Waals surface area contributed by atoms with Gasteiger partial charge in [-0.15, -0.1) is 5.10 Å². The molecule has 0 amide bonds. The maximum Gasteiger partial charge on any atom is 0.183 e. The van der Waals surface area contributed by atoms with Crippen molar-refractivity contribution in [3.8, 4) is 11.4 Å². The van der Waals surface area contributed by atoms with Crippen molar-refractivity contribution in [3.05, 3.63) is 125 Å². The van der Waals surface area contributed by atoms with Crippen LogP contribution in [-0.4, -0.2) is 30.2 Å². The Labute approximate surface area is 221 Å². The molecule has 0 radical (unpaired) electrons. The lowest BCUT2D eigenvalue weighted by Crippen LogP contribution is -2.18. The van der Waals surface area contributed by atoms with E-state index in [2.05, 4.69) is 46.7 Å². The SMILES string of the molecule is Brc1ccc(C(Nc2ccc3nc[nH]c3c2)c2nnnn2-c2ccccc2OCc2ccccc2)cc1. The predicted octanol–water partition coefficient (Wildman–Crippen LogP) is 6.08. The summed E-state index contributed by atoms with van der Waals surface area (Å²) in [6.07, 6.45) is 1.69. The molecule has 0 aliphatic carbocycles. The second kappa shape index (κ2) is 10.2. The largest absolute Gasteiger partial charge is 0.487 e. The molecule has 9 heteroatoms. The van der Waals surface area contributed by atoms with E-state index in [4.69, 9.17) is 4.74 Å². The van der Waals surface area contributed by atoms with E-state index in [0.717, 1.165) is 38.0 Å². The van der Waals surface area contributed by atoms with Gasteiger partial charge in [0, 0.05) is 10.2 Å². The summed E-state index contributed by atoms with van der Waals surface area (Å²) in [4.78, 5) is 7.49. The van der Waals surface area contributed by atoms with Crippen molar-refractivity contribution >= 4 is 32.7 Å². The number of rotatable bonds is 8. The van der Waals surface area contributed by atoms with E-state index in [9.17, 15) is 0 Å². The monoisotopic (exact) mass is 551 g/mol. The van der Waals surface area contributed by atoms with Gasteiger partial charge < -0.3 is 15.0 Å². The van der Waals surface area contributed by atoms with Gasteiger partial charge in [0.05, 0.1) is 17.4 Å². The number of benzene rings is 4. The van der Waals surface area contributed by atoms with Crippen molar-refractivity contribution in [1.82, 2.24) is 30.2 Å². The van der Waals surface area contributed by atoms with Gasteiger partial charge in [-0.3, -0.25) is 0 Å². The van der Waals surface area contributed by atoms with Gasteiger partial charge in [0.25, 0.3) is 0 Å². The number of H-pyrrole nitrogens is 1. The maximum atomic E-state index is 6.21. The molecule has 8 nitrogen and oxygen atoms in total. The molecule has 37 heavy (non-hydrogen) atoms. The number of aromatic nitrogens is 6. The van der Waals surface area contributed by atoms with E-state index in [1.807, 2.05) is 97.1 Å². The van der Waals surface area contributed by atoms with Gasteiger partial charge in [0.2, 0.25) is 0 Å². The first-order valence-corrected chi connectivity index (χ1v) is 12.5. The molecule has 1 unspecified atom stereocenters. The fourth-order valence-corrected chi connectivity index (χ4v) is 4.44. The Hall–Kier alpha value is -4.50. The lowest BCUT2D eigenvalue weighted by atomic mass is 10.1. The summed E-state index contributed by atoms with van der Waals surface area (Å²) in [6, 6.07) is 31.6. The summed E-state index contributed by atoms with van der Waals surface area (Å²) in [5, 5.41) is 16.5. The van der Waals surface area contributed by atoms with Gasteiger partial charge in [-0.2, -0.15) is 4.68 Å². The normalized spacial score (nSPS) is 11.9. The smallest absolute Gasteiger partial charge is 0.183 e. The Balaban J connectivity index is 1.38. The number of halogens is 1. The van der Waals surface area contributed by atoms with E-state index < -0.39 is 0 Å². The van der Waals surface area contributed by atoms with Crippen molar-refractivity contribution in [1.29, 1.82) is 0 Å². The van der Waals surface area contributed by atoms with Crippen LogP contribution in [0.4, 0.5) is 5.69 Å². The van der Waals surface area contributed by atoms with Crippen LogP contribution in [0.2, 0.25) is 0 Å². The molecule has 0 fully saturated rings. The van der Waals surface area contributed by atoms with Gasteiger partial charge >= 0.3 is 0 Å². The molecule has 0 aliphatic rings. The van der Waals surface area contributed by atoms with Gasteiger partial charge in [0.1, 0.15) is 24.1 Å². The summed E-state index contributed by atoms with van der Waals surface area (Å²) >= 11 is 3.54. The van der Waals surface area contributed by atoms with E-state index in [1.165, 1.54) is 0 Å². The van der Waals surface area contributed by atoms with E-state index in [0.29, 0.717) is 18.2 Å². The second-order valence-corrected chi connectivity index (χ2v) is 9.37. The number of nitrogens with one attached hydrogen (secondary N) is 2. The molecule has 0 spiro atoms. The summed E-state index contributed by atoms with van der Waals surface area (Å²) < 4.78 is 8.93. The predicted molar refractivity (Wildman–Crippen MR) is 146 cm³/mol. The van der Waals surface area contributed by atoms with Crippen molar-refractivity contribution < 1.29 is 4.74 Å². The summed E-state index contributed by atoms with van der Waals surface area (Å²) in [5.41, 5.74) is 5.60. The van der Waals surface area contributed by atoms with Crippen molar-refractivity contribution in [2.75, 3.05) is 5.32 Å². The number of para-hydroxylation sites is 2. The summed E-state index contributed by atoms with van der Waals surface area (Å²) in [7, 11) is 0. The number of aromatic amines is 1. The Morgan fingerprint density at radius 2 is 1.73 bits per heavy atom. The Bertz CT molecular complexity index is 1630. The lowest BCUT2D eigenvalue weighted by Gasteiger charge is -2.21. The molecule has 0 bridgehead atoms. The van der Waals surface area contributed by atoms with Crippen LogP contribution in [0.5, 0.6) is 5.75 Å². The number of ether oxygens (including phenoxy) is 1. The summed E-state index contributed by atoms with van der Waals surface area (Å²) in [6.45, 7) is 0.438. The number of hydrogen-bond acceptors (Lipinski definition) is 6. The third-order valence-corrected chi connectivity index (χ3v) is 6.55. The number of fused-ring (bicyclic) bond motifs is 1. The molecule has 2 aromatic heterocycles. The lowest BCUT2D eigenvalue weighted by molar-refractivity contribution is 0.304. The first-order valence-electron chi connectivity index (χ1n) is 11.7. The highest BCUT2D eigenvalue weighted by atomic mass is 79.9. The molecular formula is C28H22BrN7O. The summed E-state index contributed by atoms with van der Waals surface area (Å²) in [5.74, 6) is 1.32. The first-order chi connectivity index (χ1) is 18.2. The van der Waals surface area contributed by atoms with Crippen LogP contribution in [0.3, 0.4) is 0 Å². The van der Waals surface area contributed by atoms with Gasteiger partial charge in [-0.1, -0.05) is 70.5 Å². The molecule has 2 N–H and O–H groups in total. The molecule has 0 saturated heterocycles. The van der Waals surface area contributed by atoms with Crippen molar-refractivity contribution in [2.45, 2.75) is 12.6 Å². The fraction of sp³-hybridized carbons (Fsp3) is 0.0714. The van der Waals surface area contributed by atoms with Gasteiger partial charge in [-0.25, -0.2) is 4.98 Å². The molecular weight excluding hydrogens is 530 g/mol. The minimum absolute atomic E-state index is 0.342. The Morgan fingerprint density at radius 1 is 0.919 bits per heavy atom. The molecule has 0 saturated carbocycles. The zero-order chi connectivity index (χ0) is 25.0. The highest BCUT2D eigenvalue weighted by Gasteiger charge is 2.24. The van der Waals surface area contributed by atoms with E-state index in [-0.39, 0.29) is 6.04 Å². The standard InChI is InChI=1S/C28H22BrN7O/c29-21-12-10-20(11-13-21)27(32-22-14-15-23-24(16-22)31-18-30-23)28-33-34-35-36(28)25-8-4-5-9-26(25)37-17-19-6-2-1-3-7-19/h1-16,18,27,32H,17H2,(H,30,31). The molecule has 182 valence electrons. The quantitative estimate of drug-likeness (QED) is 0.238. The van der Waals surface area contributed by atoms with Gasteiger partial charge in [0.15, 0.2) is 5.82 Å². The van der Waals surface area contributed by atoms with Crippen LogP contribution in [0.15, 0.2) is 108 Å². The fourth-order valence-electron chi connectivity index (χ4n) is 4.18. The third-order valence-electron chi connectivity index (χ3n) is 6.02. The van der Waals surface area contributed by atoms with Crippen LogP contribution in [-0.2, 0) is 6.61 Å². The van der Waals surface area contributed by atoms with Crippen molar-refractivity contribution in [2.24, 2.45) is 0 Å². The molecule has 6 aromatic rings. The average molecular weight is 552 g/mol. The number of tetrazole rings is 1. The minimum Gasteiger partial charge on any atom is -0.487 e. The second-order valence-electron chi connectivity index (χ2n) is 8.45. The third kappa shape index (κ3) is 4.94. The van der Waals surface area contributed by atoms with Crippen LogP contribution >= 0.6 is 15.9 Å². The number of nitrogens with zero attached hydrogens (tertiary/aromatic N) is 5. The highest BCUT2D eigenvalue weighted by Crippen LogP contribution is 2.31. The number of anilines is 1. The maximum absolute atomic E-state index is 6.21. The molecule has 6 rings (SSSR count). The molecule has 4 aromatic carbocycles. The topological polar surface area (TPSA) is 93.5 Å². The van der Waals surface area contributed by atoms with E-state index in [1.54, 1.807) is 11.0 Å². The Morgan fingerprint density at radius 3 is 2.59 bits per heavy atom. The zero-order valence-corrected chi connectivity index (χ0v) is 21.2. The zero-order valence-electron chi connectivity index (χ0n) is 19.6. The van der Waals surface area contributed by atoms with Crippen LogP contribution in [0.25, 0.3) is 16.7 Å². The van der Waals surface area contributed by atoms with E-state index >= 15 is 0 Å². The molecule has 2 heterocycles. The number of imidazole rings is 1. The van der Waals surface area contributed by atoms with Crippen LogP contribution in [0.1, 0.15) is 23.0 Å². The average Bonchev–Trinajstić information content (AvgIpc) is 3.61. The molecule has 0 aliphatic heterocycles. The molecule has 1 atom stereocenters. The van der Waals surface area contributed by atoms with Gasteiger partial charge in [-0.05, 0) is 64.0 Å². The van der Waals surface area contributed by atoms with Crippen LogP contribution < -0.4 is 10.1 Å². The Kier molecular flexibility index (Phi) is 6.35. The first kappa shape index (κ1) is 22.9. The van der Waals surface area contributed by atoms with Crippen LogP contribution in [0, 0.1) is 0 Å².